The third kappa shape index (κ3) is 2.08. The molecule has 3 rings (SSSR count). The van der Waals surface area contributed by atoms with Gasteiger partial charge in [-0.05, 0) is 32.1 Å². The van der Waals surface area contributed by atoms with Gasteiger partial charge in [-0.3, -0.25) is 0 Å². The van der Waals surface area contributed by atoms with E-state index in [-0.39, 0.29) is 0 Å². The molecule has 2 heterocycles. The molecular weight excluding hydrogens is 214 g/mol. The molecule has 4 nitrogen and oxygen atoms in total. The molecule has 0 spiro atoms. The van der Waals surface area contributed by atoms with E-state index in [1.54, 1.807) is 0 Å². The van der Waals surface area contributed by atoms with E-state index in [9.17, 15) is 0 Å². The summed E-state index contributed by atoms with van der Waals surface area (Å²) in [4.78, 5) is 2.29. The fourth-order valence-electron chi connectivity index (χ4n) is 2.23. The molecular formula is C13H15N3O. The summed E-state index contributed by atoms with van der Waals surface area (Å²) >= 11 is 0. The van der Waals surface area contributed by atoms with Crippen molar-refractivity contribution in [2.45, 2.75) is 12.3 Å². The highest BCUT2D eigenvalue weighted by Crippen LogP contribution is 2.27. The molecule has 1 saturated heterocycles. The highest BCUT2D eigenvalue weighted by molar-refractivity contribution is 5.51. The van der Waals surface area contributed by atoms with E-state index in [1.165, 1.54) is 0 Å². The van der Waals surface area contributed by atoms with Gasteiger partial charge < -0.3 is 9.32 Å². The Morgan fingerprint density at radius 3 is 2.76 bits per heavy atom. The monoisotopic (exact) mass is 229 g/mol. The molecule has 0 aliphatic carbocycles. The summed E-state index contributed by atoms with van der Waals surface area (Å²) in [5.74, 6) is 1.79. The van der Waals surface area contributed by atoms with Crippen LogP contribution in [0.2, 0.25) is 0 Å². The smallest absolute Gasteiger partial charge is 0.247 e. The number of likely N-dealkylation sites (N-methyl/N-ethyl adjacent to an activating group) is 1. The first-order valence-electron chi connectivity index (χ1n) is 5.90. The van der Waals surface area contributed by atoms with E-state index < -0.39 is 0 Å². The lowest BCUT2D eigenvalue weighted by Crippen LogP contribution is -2.13. The van der Waals surface area contributed by atoms with Gasteiger partial charge in [0.1, 0.15) is 0 Å². The van der Waals surface area contributed by atoms with Crippen LogP contribution in [0.1, 0.15) is 18.2 Å². The van der Waals surface area contributed by atoms with Crippen LogP contribution in [0.5, 0.6) is 0 Å². The van der Waals surface area contributed by atoms with Crippen LogP contribution in [0.25, 0.3) is 11.5 Å². The van der Waals surface area contributed by atoms with Gasteiger partial charge in [0.25, 0.3) is 0 Å². The number of aromatic nitrogens is 2. The zero-order valence-electron chi connectivity index (χ0n) is 9.84. The minimum absolute atomic E-state index is 0.393. The number of nitrogens with zero attached hydrogens (tertiary/aromatic N) is 3. The largest absolute Gasteiger partial charge is 0.420 e. The van der Waals surface area contributed by atoms with Gasteiger partial charge in [-0.1, -0.05) is 18.2 Å². The van der Waals surface area contributed by atoms with Crippen molar-refractivity contribution in [1.82, 2.24) is 15.1 Å². The number of likely N-dealkylation sites (tertiary alicyclic amines) is 1. The first kappa shape index (κ1) is 10.5. The standard InChI is InChI=1S/C13H15N3O/c1-16-8-7-11(9-16)13-15-14-12(17-13)10-5-3-2-4-6-10/h2-6,11H,7-9H2,1H3/t11-/m0/s1. The van der Waals surface area contributed by atoms with Crippen molar-refractivity contribution in [3.05, 3.63) is 36.2 Å². The Kier molecular flexibility index (Phi) is 2.65. The summed E-state index contributed by atoms with van der Waals surface area (Å²) in [5.41, 5.74) is 0.984. The van der Waals surface area contributed by atoms with Crippen LogP contribution in [0.4, 0.5) is 0 Å². The van der Waals surface area contributed by atoms with Crippen molar-refractivity contribution in [3.63, 3.8) is 0 Å². The molecule has 1 aliphatic heterocycles. The average molecular weight is 229 g/mol. The summed E-state index contributed by atoms with van der Waals surface area (Å²) in [6, 6.07) is 9.90. The minimum Gasteiger partial charge on any atom is -0.420 e. The van der Waals surface area contributed by atoms with Gasteiger partial charge in [0, 0.05) is 12.1 Å². The molecule has 0 saturated carbocycles. The van der Waals surface area contributed by atoms with Gasteiger partial charge in [-0.25, -0.2) is 0 Å². The van der Waals surface area contributed by atoms with Crippen molar-refractivity contribution in [1.29, 1.82) is 0 Å². The van der Waals surface area contributed by atoms with Gasteiger partial charge in [0.2, 0.25) is 11.8 Å². The molecule has 0 unspecified atom stereocenters. The van der Waals surface area contributed by atoms with Crippen molar-refractivity contribution >= 4 is 0 Å². The maximum absolute atomic E-state index is 5.75. The van der Waals surface area contributed by atoms with Crippen LogP contribution in [0, 0.1) is 0 Å². The maximum Gasteiger partial charge on any atom is 0.247 e. The zero-order chi connectivity index (χ0) is 11.7. The molecule has 0 N–H and O–H groups in total. The quantitative estimate of drug-likeness (QED) is 0.791. The second-order valence-electron chi connectivity index (χ2n) is 4.56. The van der Waals surface area contributed by atoms with Gasteiger partial charge in [-0.15, -0.1) is 10.2 Å². The van der Waals surface area contributed by atoms with Crippen molar-refractivity contribution in [2.24, 2.45) is 0 Å². The summed E-state index contributed by atoms with van der Waals surface area (Å²) < 4.78 is 5.75. The minimum atomic E-state index is 0.393. The van der Waals surface area contributed by atoms with E-state index >= 15 is 0 Å². The van der Waals surface area contributed by atoms with Gasteiger partial charge in [-0.2, -0.15) is 0 Å². The fraction of sp³-hybridized carbons (Fsp3) is 0.385. The molecule has 4 heteroatoms. The lowest BCUT2D eigenvalue weighted by atomic mass is 10.1. The molecule has 1 aliphatic rings. The fourth-order valence-corrected chi connectivity index (χ4v) is 2.23. The molecule has 17 heavy (non-hydrogen) atoms. The summed E-state index contributed by atoms with van der Waals surface area (Å²) in [6.07, 6.45) is 1.10. The van der Waals surface area contributed by atoms with Crippen LogP contribution in [-0.4, -0.2) is 35.2 Å². The Balaban J connectivity index is 1.84. The van der Waals surface area contributed by atoms with Crippen molar-refractivity contribution in [3.8, 4) is 11.5 Å². The lowest BCUT2D eigenvalue weighted by molar-refractivity contribution is 0.394. The highest BCUT2D eigenvalue weighted by Gasteiger charge is 2.26. The molecule has 1 aromatic carbocycles. The van der Waals surface area contributed by atoms with Crippen LogP contribution < -0.4 is 0 Å². The predicted molar refractivity (Wildman–Crippen MR) is 64.6 cm³/mol. The molecule has 0 radical (unpaired) electrons. The predicted octanol–water partition coefficient (Wildman–Crippen LogP) is 2.16. The first-order valence-corrected chi connectivity index (χ1v) is 5.90. The average Bonchev–Trinajstić information content (AvgIpc) is 2.98. The first-order chi connectivity index (χ1) is 8.33. The Morgan fingerprint density at radius 1 is 1.24 bits per heavy atom. The molecule has 0 amide bonds. The van der Waals surface area contributed by atoms with Crippen molar-refractivity contribution < 1.29 is 4.42 Å². The SMILES string of the molecule is CN1CC[C@H](c2nnc(-c3ccccc3)o2)C1. The van der Waals surface area contributed by atoms with Crippen LogP contribution in [0.3, 0.4) is 0 Å². The number of benzene rings is 1. The Morgan fingerprint density at radius 2 is 2.06 bits per heavy atom. The third-order valence-electron chi connectivity index (χ3n) is 3.20. The Labute approximate surface area is 100 Å². The van der Waals surface area contributed by atoms with E-state index in [1.807, 2.05) is 30.3 Å². The van der Waals surface area contributed by atoms with Gasteiger partial charge in [0.15, 0.2) is 0 Å². The van der Waals surface area contributed by atoms with Crippen LogP contribution in [0.15, 0.2) is 34.7 Å². The molecule has 0 bridgehead atoms. The summed E-state index contributed by atoms with van der Waals surface area (Å²) in [6.45, 7) is 2.12. The third-order valence-corrected chi connectivity index (χ3v) is 3.20. The van der Waals surface area contributed by atoms with Crippen LogP contribution in [-0.2, 0) is 0 Å². The topological polar surface area (TPSA) is 42.2 Å². The van der Waals surface area contributed by atoms with E-state index in [0.717, 1.165) is 31.0 Å². The van der Waals surface area contributed by atoms with Crippen LogP contribution >= 0.6 is 0 Å². The van der Waals surface area contributed by atoms with E-state index in [0.29, 0.717) is 11.8 Å². The molecule has 88 valence electrons. The number of hydrogen-bond donors (Lipinski definition) is 0. The van der Waals surface area contributed by atoms with Crippen molar-refractivity contribution in [2.75, 3.05) is 20.1 Å². The zero-order valence-corrected chi connectivity index (χ0v) is 9.84. The molecule has 2 aromatic rings. The molecule has 1 aromatic heterocycles. The highest BCUT2D eigenvalue weighted by atomic mass is 16.4. The normalized spacial score (nSPS) is 20.9. The van der Waals surface area contributed by atoms with Gasteiger partial charge >= 0.3 is 0 Å². The second-order valence-corrected chi connectivity index (χ2v) is 4.56. The molecule has 1 fully saturated rings. The summed E-state index contributed by atoms with van der Waals surface area (Å²) in [7, 11) is 2.12. The molecule has 1 atom stereocenters. The lowest BCUT2D eigenvalue weighted by Gasteiger charge is -2.05. The number of rotatable bonds is 2. The number of hydrogen-bond acceptors (Lipinski definition) is 4. The summed E-state index contributed by atoms with van der Waals surface area (Å²) in [5, 5.41) is 8.29. The Bertz CT molecular complexity index is 494. The van der Waals surface area contributed by atoms with Gasteiger partial charge in [0.05, 0.1) is 5.92 Å². The van der Waals surface area contributed by atoms with E-state index in [4.69, 9.17) is 4.42 Å². The Hall–Kier alpha value is -1.68. The van der Waals surface area contributed by atoms with E-state index in [2.05, 4.69) is 22.1 Å². The second kappa shape index (κ2) is 4.30. The maximum atomic E-state index is 5.75.